The second kappa shape index (κ2) is 11.1. The van der Waals surface area contributed by atoms with E-state index in [1.54, 1.807) is 39.7 Å². The van der Waals surface area contributed by atoms with Crippen molar-refractivity contribution >= 4 is 23.7 Å². The normalized spacial score (nSPS) is 16.6. The van der Waals surface area contributed by atoms with Gasteiger partial charge in [0.15, 0.2) is 11.5 Å². The van der Waals surface area contributed by atoms with Crippen LogP contribution < -0.4 is 24.0 Å². The van der Waals surface area contributed by atoms with E-state index in [4.69, 9.17) is 23.9 Å². The lowest BCUT2D eigenvalue weighted by molar-refractivity contribution is -0.126. The van der Waals surface area contributed by atoms with Crippen molar-refractivity contribution in [2.45, 2.75) is 0 Å². The number of nitrogens with zero attached hydrogens (tertiary/aromatic N) is 5. The summed E-state index contributed by atoms with van der Waals surface area (Å²) in [7, 11) is 4.69. The smallest absolute Gasteiger partial charge is 0.246 e. The Labute approximate surface area is 199 Å². The Morgan fingerprint density at radius 3 is 2.24 bits per heavy atom. The number of amides is 1. The third-order valence-corrected chi connectivity index (χ3v) is 5.94. The highest BCUT2D eigenvalue weighted by Crippen LogP contribution is 2.38. The van der Waals surface area contributed by atoms with Crippen molar-refractivity contribution in [2.24, 2.45) is 0 Å². The lowest BCUT2D eigenvalue weighted by Gasteiger charge is -2.35. The average molecular weight is 470 g/mol. The molecule has 3 heterocycles. The van der Waals surface area contributed by atoms with Crippen LogP contribution in [-0.2, 0) is 9.53 Å². The van der Waals surface area contributed by atoms with Crippen molar-refractivity contribution < 1.29 is 23.7 Å². The van der Waals surface area contributed by atoms with E-state index in [9.17, 15) is 4.79 Å². The molecular weight excluding hydrogens is 438 g/mol. The first-order valence-electron chi connectivity index (χ1n) is 11.3. The predicted octanol–water partition coefficient (Wildman–Crippen LogP) is 1.70. The maximum Gasteiger partial charge on any atom is 0.246 e. The van der Waals surface area contributed by atoms with Crippen molar-refractivity contribution in [3.05, 3.63) is 36.0 Å². The predicted molar refractivity (Wildman–Crippen MR) is 129 cm³/mol. The number of benzene rings is 1. The summed E-state index contributed by atoms with van der Waals surface area (Å²) in [5.74, 6) is 3.19. The lowest BCUT2D eigenvalue weighted by atomic mass is 10.1. The molecule has 0 radical (unpaired) electrons. The highest BCUT2D eigenvalue weighted by atomic mass is 16.5. The van der Waals surface area contributed by atoms with E-state index >= 15 is 0 Å². The molecule has 0 N–H and O–H groups in total. The highest BCUT2D eigenvalue weighted by molar-refractivity contribution is 5.92. The minimum atomic E-state index is -0.0369. The maximum atomic E-state index is 12.8. The fourth-order valence-corrected chi connectivity index (χ4v) is 4.06. The van der Waals surface area contributed by atoms with Gasteiger partial charge in [-0.15, -0.1) is 0 Å². The number of methoxy groups -OCH3 is 3. The minimum Gasteiger partial charge on any atom is -0.493 e. The van der Waals surface area contributed by atoms with Gasteiger partial charge in [-0.2, -0.15) is 4.98 Å². The van der Waals surface area contributed by atoms with Crippen LogP contribution in [0.2, 0.25) is 0 Å². The number of hydrogen-bond acceptors (Lipinski definition) is 9. The summed E-state index contributed by atoms with van der Waals surface area (Å²) >= 11 is 0. The number of carbonyl (C=O) groups is 1. The van der Waals surface area contributed by atoms with Crippen LogP contribution in [-0.4, -0.2) is 94.6 Å². The second-order valence-corrected chi connectivity index (χ2v) is 7.92. The monoisotopic (exact) mass is 469 g/mol. The maximum absolute atomic E-state index is 12.8. The number of hydrogen-bond donors (Lipinski definition) is 0. The topological polar surface area (TPSA) is 89.5 Å². The van der Waals surface area contributed by atoms with Crippen LogP contribution >= 0.6 is 0 Å². The summed E-state index contributed by atoms with van der Waals surface area (Å²) in [5, 5.41) is 0. The SMILES string of the molecule is COc1cc(/C=C/C(=O)N2CCN(c3ccnc(N4CCOCC4)n3)CC2)cc(OC)c1OC. The Morgan fingerprint density at radius 2 is 1.62 bits per heavy atom. The van der Waals surface area contributed by atoms with Gasteiger partial charge in [-0.25, -0.2) is 4.98 Å². The zero-order valence-corrected chi connectivity index (χ0v) is 19.9. The lowest BCUT2D eigenvalue weighted by Crippen LogP contribution is -2.48. The summed E-state index contributed by atoms with van der Waals surface area (Å²) in [6.45, 7) is 5.64. The molecule has 2 fully saturated rings. The third kappa shape index (κ3) is 5.33. The first-order valence-corrected chi connectivity index (χ1v) is 11.3. The molecule has 0 unspecified atom stereocenters. The molecule has 2 saturated heterocycles. The van der Waals surface area contributed by atoms with Gasteiger partial charge in [0.05, 0.1) is 34.5 Å². The van der Waals surface area contributed by atoms with Gasteiger partial charge in [-0.1, -0.05) is 0 Å². The van der Waals surface area contributed by atoms with Crippen LogP contribution in [0.25, 0.3) is 6.08 Å². The van der Waals surface area contributed by atoms with Gasteiger partial charge in [-0.3, -0.25) is 4.79 Å². The summed E-state index contributed by atoms with van der Waals surface area (Å²) in [6, 6.07) is 5.54. The van der Waals surface area contributed by atoms with Crippen LogP contribution in [0, 0.1) is 0 Å². The van der Waals surface area contributed by atoms with Crippen molar-refractivity contribution in [3.63, 3.8) is 0 Å². The molecule has 2 aliphatic heterocycles. The Kier molecular flexibility index (Phi) is 7.69. The van der Waals surface area contributed by atoms with Gasteiger partial charge in [0.25, 0.3) is 0 Å². The number of anilines is 2. The number of aromatic nitrogens is 2. The molecule has 0 bridgehead atoms. The molecular formula is C24H31N5O5. The molecule has 1 aromatic carbocycles. The molecule has 10 heteroatoms. The molecule has 182 valence electrons. The fourth-order valence-electron chi connectivity index (χ4n) is 4.06. The molecule has 34 heavy (non-hydrogen) atoms. The second-order valence-electron chi connectivity index (χ2n) is 7.92. The van der Waals surface area contributed by atoms with E-state index < -0.39 is 0 Å². The van der Waals surface area contributed by atoms with Crippen molar-refractivity contribution in [3.8, 4) is 17.2 Å². The van der Waals surface area contributed by atoms with E-state index in [2.05, 4.69) is 14.8 Å². The van der Waals surface area contributed by atoms with Crippen LogP contribution in [0.4, 0.5) is 11.8 Å². The van der Waals surface area contributed by atoms with Gasteiger partial charge in [0.2, 0.25) is 17.6 Å². The molecule has 0 saturated carbocycles. The Morgan fingerprint density at radius 1 is 0.941 bits per heavy atom. The van der Waals surface area contributed by atoms with Crippen molar-refractivity contribution in [1.82, 2.24) is 14.9 Å². The Hall–Kier alpha value is -3.53. The Balaban J connectivity index is 1.36. The van der Waals surface area contributed by atoms with Crippen LogP contribution in [0.5, 0.6) is 17.2 Å². The van der Waals surface area contributed by atoms with Gasteiger partial charge in [0, 0.05) is 51.5 Å². The van der Waals surface area contributed by atoms with E-state index in [-0.39, 0.29) is 5.91 Å². The third-order valence-electron chi connectivity index (χ3n) is 5.94. The summed E-state index contributed by atoms with van der Waals surface area (Å²) in [6.07, 6.45) is 5.14. The molecule has 10 nitrogen and oxygen atoms in total. The molecule has 0 atom stereocenters. The zero-order valence-electron chi connectivity index (χ0n) is 19.9. The fraction of sp³-hybridized carbons (Fsp3) is 0.458. The quantitative estimate of drug-likeness (QED) is 0.562. The van der Waals surface area contributed by atoms with E-state index in [1.165, 1.54) is 0 Å². The Bertz CT molecular complexity index is 992. The van der Waals surface area contributed by atoms with Gasteiger partial charge in [0.1, 0.15) is 5.82 Å². The number of piperazine rings is 1. The molecule has 1 amide bonds. The standard InChI is InChI=1S/C24H31N5O5/c1-31-19-16-18(17-20(32-2)23(19)33-3)4-5-22(30)28-10-8-27(9-11-28)21-6-7-25-24(26-21)29-12-14-34-15-13-29/h4-7,16-17H,8-15H2,1-3H3/b5-4+. The van der Waals surface area contributed by atoms with Crippen LogP contribution in [0.1, 0.15) is 5.56 Å². The molecule has 0 aliphatic carbocycles. The van der Waals surface area contributed by atoms with Gasteiger partial charge >= 0.3 is 0 Å². The average Bonchev–Trinajstić information content (AvgIpc) is 2.91. The number of ether oxygens (including phenoxy) is 4. The molecule has 4 rings (SSSR count). The largest absolute Gasteiger partial charge is 0.493 e. The van der Waals surface area contributed by atoms with Crippen LogP contribution in [0.15, 0.2) is 30.5 Å². The van der Waals surface area contributed by atoms with Gasteiger partial charge in [-0.05, 0) is 29.8 Å². The van der Waals surface area contributed by atoms with E-state index in [1.807, 2.05) is 23.1 Å². The summed E-state index contributed by atoms with van der Waals surface area (Å²) in [4.78, 5) is 28.1. The zero-order chi connectivity index (χ0) is 23.9. The molecule has 0 spiro atoms. The highest BCUT2D eigenvalue weighted by Gasteiger charge is 2.22. The first kappa shape index (κ1) is 23.6. The first-order chi connectivity index (χ1) is 16.6. The van der Waals surface area contributed by atoms with Gasteiger partial charge < -0.3 is 33.6 Å². The molecule has 2 aromatic rings. The number of morpholine rings is 1. The van der Waals surface area contributed by atoms with Crippen molar-refractivity contribution in [1.29, 1.82) is 0 Å². The summed E-state index contributed by atoms with van der Waals surface area (Å²) < 4.78 is 21.5. The van der Waals surface area contributed by atoms with E-state index in [0.29, 0.717) is 56.6 Å². The number of carbonyl (C=O) groups excluding carboxylic acids is 1. The molecule has 1 aromatic heterocycles. The number of rotatable bonds is 7. The minimum absolute atomic E-state index is 0.0369. The summed E-state index contributed by atoms with van der Waals surface area (Å²) in [5.41, 5.74) is 0.790. The molecule has 2 aliphatic rings. The van der Waals surface area contributed by atoms with Crippen molar-refractivity contribution in [2.75, 3.05) is 83.6 Å². The van der Waals surface area contributed by atoms with E-state index in [0.717, 1.165) is 30.4 Å². The van der Waals surface area contributed by atoms with Crippen LogP contribution in [0.3, 0.4) is 0 Å².